The summed E-state index contributed by atoms with van der Waals surface area (Å²) in [6.45, 7) is 0.662. The Hall–Kier alpha value is -2.31. The summed E-state index contributed by atoms with van der Waals surface area (Å²) in [4.78, 5) is 2.01. The number of hydrogen-bond acceptors (Lipinski definition) is 3. The molecule has 22 heavy (non-hydrogen) atoms. The van der Waals surface area contributed by atoms with Gasteiger partial charge in [0.05, 0.1) is 12.7 Å². The van der Waals surface area contributed by atoms with Crippen LogP contribution in [0.25, 0.3) is 11.1 Å². The minimum Gasteiger partial charge on any atom is -0.493 e. The van der Waals surface area contributed by atoms with Gasteiger partial charge < -0.3 is 4.74 Å². The van der Waals surface area contributed by atoms with Crippen LogP contribution in [-0.4, -0.2) is 25.6 Å². The summed E-state index contributed by atoms with van der Waals surface area (Å²) in [6.07, 6.45) is 1.66. The van der Waals surface area contributed by atoms with E-state index in [-0.39, 0.29) is 0 Å². The van der Waals surface area contributed by atoms with E-state index in [0.717, 1.165) is 35.3 Å². The number of benzene rings is 2. The molecule has 1 heterocycles. The zero-order chi connectivity index (χ0) is 15.6. The van der Waals surface area contributed by atoms with E-state index >= 15 is 0 Å². The maximum atomic E-state index is 9.90. The predicted octanol–water partition coefficient (Wildman–Crippen LogP) is 3.81. The van der Waals surface area contributed by atoms with Crippen molar-refractivity contribution in [3.8, 4) is 22.9 Å². The van der Waals surface area contributed by atoms with Crippen LogP contribution in [0.15, 0.2) is 48.5 Å². The van der Waals surface area contributed by atoms with Crippen molar-refractivity contribution in [2.45, 2.75) is 18.4 Å². The van der Waals surface area contributed by atoms with Crippen LogP contribution >= 0.6 is 0 Å². The second-order valence-corrected chi connectivity index (χ2v) is 5.90. The van der Waals surface area contributed by atoms with Gasteiger partial charge in [-0.1, -0.05) is 36.4 Å². The highest BCUT2D eigenvalue weighted by Gasteiger charge is 2.39. The molecule has 0 N–H and O–H groups in total. The number of nitrogens with zero attached hydrogens (tertiary/aromatic N) is 2. The molecule has 3 nitrogen and oxygen atoms in total. The highest BCUT2D eigenvalue weighted by atomic mass is 16.5. The zero-order valence-electron chi connectivity index (χ0n) is 13.0. The molecule has 0 saturated heterocycles. The quantitative estimate of drug-likeness (QED) is 0.844. The first-order chi connectivity index (χ1) is 10.7. The van der Waals surface area contributed by atoms with Gasteiger partial charge in [-0.05, 0) is 50.2 Å². The van der Waals surface area contributed by atoms with Crippen LogP contribution in [0.4, 0.5) is 0 Å². The maximum Gasteiger partial charge on any atom is 0.137 e. The molecule has 1 unspecified atom stereocenters. The molecule has 0 aromatic heterocycles. The van der Waals surface area contributed by atoms with Crippen molar-refractivity contribution in [1.82, 2.24) is 4.90 Å². The zero-order valence-corrected chi connectivity index (χ0v) is 13.0. The molecular weight excluding hydrogens is 272 g/mol. The predicted molar refractivity (Wildman–Crippen MR) is 87.6 cm³/mol. The fourth-order valence-corrected chi connectivity index (χ4v) is 3.11. The molecule has 0 fully saturated rings. The largest absolute Gasteiger partial charge is 0.493 e. The van der Waals surface area contributed by atoms with Crippen LogP contribution in [0, 0.1) is 11.3 Å². The Morgan fingerprint density at radius 2 is 1.86 bits per heavy atom. The molecule has 3 heteroatoms. The summed E-state index contributed by atoms with van der Waals surface area (Å²) in [7, 11) is 3.93. The SMILES string of the molecule is CN(C)C1(C#N)CCCOc2ccc(-c3ccccc3)cc21. The van der Waals surface area contributed by atoms with Gasteiger partial charge in [0, 0.05) is 5.56 Å². The number of rotatable bonds is 2. The Morgan fingerprint density at radius 1 is 1.09 bits per heavy atom. The summed E-state index contributed by atoms with van der Waals surface area (Å²) in [5.41, 5.74) is 2.61. The van der Waals surface area contributed by atoms with Gasteiger partial charge >= 0.3 is 0 Å². The van der Waals surface area contributed by atoms with E-state index in [1.165, 1.54) is 0 Å². The van der Waals surface area contributed by atoms with E-state index in [4.69, 9.17) is 4.74 Å². The Labute approximate surface area is 131 Å². The Morgan fingerprint density at radius 3 is 2.55 bits per heavy atom. The van der Waals surface area contributed by atoms with Crippen molar-refractivity contribution in [3.63, 3.8) is 0 Å². The van der Waals surface area contributed by atoms with Crippen LogP contribution in [0.2, 0.25) is 0 Å². The molecule has 112 valence electrons. The molecule has 2 aromatic rings. The Balaban J connectivity index is 2.18. The molecule has 1 aliphatic rings. The molecule has 0 saturated carbocycles. The summed E-state index contributed by atoms with van der Waals surface area (Å²) in [5.74, 6) is 0.826. The highest BCUT2D eigenvalue weighted by Crippen LogP contribution is 2.41. The number of nitriles is 1. The van der Waals surface area contributed by atoms with Gasteiger partial charge in [0.15, 0.2) is 0 Å². The average Bonchev–Trinajstić information content (AvgIpc) is 2.75. The van der Waals surface area contributed by atoms with Crippen LogP contribution < -0.4 is 4.74 Å². The van der Waals surface area contributed by atoms with Crippen molar-refractivity contribution in [2.75, 3.05) is 20.7 Å². The van der Waals surface area contributed by atoms with Gasteiger partial charge in [-0.25, -0.2) is 0 Å². The fourth-order valence-electron chi connectivity index (χ4n) is 3.11. The molecule has 0 radical (unpaired) electrons. The second kappa shape index (κ2) is 5.82. The molecule has 1 aliphatic heterocycles. The summed E-state index contributed by atoms with van der Waals surface area (Å²) < 4.78 is 5.87. The van der Waals surface area contributed by atoms with E-state index in [0.29, 0.717) is 6.61 Å². The monoisotopic (exact) mass is 292 g/mol. The lowest BCUT2D eigenvalue weighted by atomic mass is 9.84. The van der Waals surface area contributed by atoms with Crippen molar-refractivity contribution in [2.24, 2.45) is 0 Å². The first kappa shape index (κ1) is 14.6. The normalized spacial score (nSPS) is 20.6. The molecule has 3 rings (SSSR count). The molecule has 0 amide bonds. The average molecular weight is 292 g/mol. The van der Waals surface area contributed by atoms with E-state index < -0.39 is 5.54 Å². The van der Waals surface area contributed by atoms with Crippen LogP contribution in [0.1, 0.15) is 18.4 Å². The third-order valence-corrected chi connectivity index (χ3v) is 4.42. The van der Waals surface area contributed by atoms with Crippen molar-refractivity contribution in [1.29, 1.82) is 5.26 Å². The highest BCUT2D eigenvalue weighted by molar-refractivity contribution is 5.67. The van der Waals surface area contributed by atoms with Gasteiger partial charge in [-0.2, -0.15) is 5.26 Å². The first-order valence-electron chi connectivity index (χ1n) is 7.59. The molecule has 0 aliphatic carbocycles. The molecule has 0 bridgehead atoms. The van der Waals surface area contributed by atoms with Gasteiger partial charge in [0.25, 0.3) is 0 Å². The molecular formula is C19H20N2O. The van der Waals surface area contributed by atoms with E-state index in [2.05, 4.69) is 30.3 Å². The van der Waals surface area contributed by atoms with Gasteiger partial charge in [0.2, 0.25) is 0 Å². The van der Waals surface area contributed by atoms with E-state index in [9.17, 15) is 5.26 Å². The maximum absolute atomic E-state index is 9.90. The van der Waals surface area contributed by atoms with Gasteiger partial charge in [0.1, 0.15) is 11.3 Å². The minimum atomic E-state index is -0.628. The number of fused-ring (bicyclic) bond motifs is 1. The number of ether oxygens (including phenoxy) is 1. The van der Waals surface area contributed by atoms with E-state index in [1.54, 1.807) is 0 Å². The fraction of sp³-hybridized carbons (Fsp3) is 0.316. The van der Waals surface area contributed by atoms with Crippen molar-refractivity contribution >= 4 is 0 Å². The van der Waals surface area contributed by atoms with E-state index in [1.807, 2.05) is 43.3 Å². The standard InChI is InChI=1S/C19H20N2O/c1-21(2)19(14-20)11-6-12-22-18-10-9-16(13-17(18)19)15-7-4-3-5-8-15/h3-5,7-10,13H,6,11-12H2,1-2H3. The topological polar surface area (TPSA) is 36.3 Å². The van der Waals surface area contributed by atoms with Gasteiger partial charge in [-0.3, -0.25) is 4.90 Å². The Kier molecular flexibility index (Phi) is 3.87. The molecule has 0 spiro atoms. The van der Waals surface area contributed by atoms with Gasteiger partial charge in [-0.15, -0.1) is 0 Å². The summed E-state index contributed by atoms with van der Waals surface area (Å²) in [6, 6.07) is 19.0. The van der Waals surface area contributed by atoms with Crippen molar-refractivity contribution in [3.05, 3.63) is 54.1 Å². The lowest BCUT2D eigenvalue weighted by Gasteiger charge is -2.33. The Bertz CT molecular complexity index is 703. The molecule has 1 atom stereocenters. The van der Waals surface area contributed by atoms with Crippen LogP contribution in [-0.2, 0) is 5.54 Å². The lowest BCUT2D eigenvalue weighted by Crippen LogP contribution is -2.39. The molecule has 2 aromatic carbocycles. The lowest BCUT2D eigenvalue weighted by molar-refractivity contribution is 0.202. The summed E-state index contributed by atoms with van der Waals surface area (Å²) in [5, 5.41) is 9.90. The third-order valence-electron chi connectivity index (χ3n) is 4.42. The summed E-state index contributed by atoms with van der Waals surface area (Å²) >= 11 is 0. The first-order valence-corrected chi connectivity index (χ1v) is 7.59. The second-order valence-electron chi connectivity index (χ2n) is 5.90. The van der Waals surface area contributed by atoms with Crippen LogP contribution in [0.3, 0.4) is 0 Å². The van der Waals surface area contributed by atoms with Crippen LogP contribution in [0.5, 0.6) is 5.75 Å². The smallest absolute Gasteiger partial charge is 0.137 e. The minimum absolute atomic E-state index is 0.628. The third kappa shape index (κ3) is 2.36. The number of hydrogen-bond donors (Lipinski definition) is 0. The van der Waals surface area contributed by atoms with Crippen molar-refractivity contribution < 1.29 is 4.74 Å².